The lowest BCUT2D eigenvalue weighted by atomic mass is 9.43. The van der Waals surface area contributed by atoms with Crippen molar-refractivity contribution in [2.75, 3.05) is 13.4 Å². The Labute approximate surface area is 240 Å². The van der Waals surface area contributed by atoms with Crippen LogP contribution in [-0.2, 0) is 28.1 Å². The largest absolute Gasteiger partial charge is 0.472 e. The van der Waals surface area contributed by atoms with E-state index in [-0.39, 0.29) is 41.3 Å². The summed E-state index contributed by atoms with van der Waals surface area (Å²) in [7, 11) is -4.68. The SMILES string of the molecule is CCOC1CCC2(C)C(C1)CC(OC(C)C)C1C2CC(O)C2(C)C(C(C)CCC(=O)OCOP(=O)(O)O)CCC12. The van der Waals surface area contributed by atoms with E-state index in [1.165, 1.54) is 0 Å². The van der Waals surface area contributed by atoms with Crippen molar-refractivity contribution in [3.05, 3.63) is 0 Å². The molecule has 9 nitrogen and oxygen atoms in total. The van der Waals surface area contributed by atoms with Crippen molar-refractivity contribution in [1.82, 2.24) is 0 Å². The van der Waals surface area contributed by atoms with Gasteiger partial charge in [0, 0.05) is 13.0 Å². The molecule has 4 fully saturated rings. The van der Waals surface area contributed by atoms with Gasteiger partial charge in [-0.05, 0) is 118 Å². The van der Waals surface area contributed by atoms with Crippen molar-refractivity contribution in [2.24, 2.45) is 46.3 Å². The highest BCUT2D eigenvalue weighted by Crippen LogP contribution is 2.69. The Morgan fingerprint density at radius 2 is 1.77 bits per heavy atom. The summed E-state index contributed by atoms with van der Waals surface area (Å²) < 4.78 is 32.7. The summed E-state index contributed by atoms with van der Waals surface area (Å²) in [5.74, 6) is 1.65. The van der Waals surface area contributed by atoms with Gasteiger partial charge in [0.25, 0.3) is 0 Å². The fourth-order valence-electron chi connectivity index (χ4n) is 9.75. The van der Waals surface area contributed by atoms with Crippen LogP contribution in [0.3, 0.4) is 0 Å². The lowest BCUT2D eigenvalue weighted by Gasteiger charge is -2.64. The van der Waals surface area contributed by atoms with E-state index in [2.05, 4.69) is 46.1 Å². The number of rotatable bonds is 11. The third-order valence-corrected chi connectivity index (χ3v) is 12.0. The quantitative estimate of drug-likeness (QED) is 0.164. The van der Waals surface area contributed by atoms with Crippen LogP contribution in [0.1, 0.15) is 99.3 Å². The Bertz CT molecular complexity index is 923. The highest BCUT2D eigenvalue weighted by atomic mass is 31.2. The molecule has 0 aromatic carbocycles. The lowest BCUT2D eigenvalue weighted by Crippen LogP contribution is -2.63. The van der Waals surface area contributed by atoms with Crippen molar-refractivity contribution in [2.45, 2.75) is 124 Å². The van der Waals surface area contributed by atoms with E-state index in [0.717, 1.165) is 51.6 Å². The van der Waals surface area contributed by atoms with Gasteiger partial charge >= 0.3 is 13.8 Å². The Hall–Kier alpha value is -0.540. The molecular formula is C30H53O9P. The zero-order valence-electron chi connectivity index (χ0n) is 25.3. The zero-order valence-corrected chi connectivity index (χ0v) is 26.2. The second-order valence-electron chi connectivity index (χ2n) is 13.9. The summed E-state index contributed by atoms with van der Waals surface area (Å²) in [5.41, 5.74) is -0.0711. The van der Waals surface area contributed by atoms with Gasteiger partial charge in [-0.3, -0.25) is 4.79 Å². The molecular weight excluding hydrogens is 535 g/mol. The Morgan fingerprint density at radius 3 is 2.42 bits per heavy atom. The fraction of sp³-hybridized carbons (Fsp3) is 0.967. The zero-order chi connectivity index (χ0) is 29.5. The predicted octanol–water partition coefficient (Wildman–Crippen LogP) is 5.45. The first-order valence-corrected chi connectivity index (χ1v) is 17.0. The topological polar surface area (TPSA) is 132 Å². The number of phosphoric ester groups is 1. The number of aliphatic hydroxyl groups is 1. The molecule has 4 rings (SSSR count). The maximum atomic E-state index is 12.2. The normalized spacial score (nSPS) is 42.1. The molecule has 232 valence electrons. The van der Waals surface area contributed by atoms with Crippen LogP contribution in [-0.4, -0.2) is 58.7 Å². The van der Waals surface area contributed by atoms with E-state index < -0.39 is 26.7 Å². The lowest BCUT2D eigenvalue weighted by molar-refractivity contribution is -0.224. The van der Waals surface area contributed by atoms with Gasteiger partial charge in [0.2, 0.25) is 6.79 Å². The average molecular weight is 589 g/mol. The van der Waals surface area contributed by atoms with E-state index in [9.17, 15) is 14.5 Å². The van der Waals surface area contributed by atoms with Gasteiger partial charge < -0.3 is 29.1 Å². The summed E-state index contributed by atoms with van der Waals surface area (Å²) in [6.07, 6.45) is 8.23. The molecule has 0 saturated heterocycles. The predicted molar refractivity (Wildman–Crippen MR) is 150 cm³/mol. The Balaban J connectivity index is 1.49. The molecule has 0 radical (unpaired) electrons. The van der Waals surface area contributed by atoms with Crippen LogP contribution in [0.15, 0.2) is 0 Å². The minimum atomic E-state index is -4.68. The van der Waals surface area contributed by atoms with E-state index in [1.54, 1.807) is 0 Å². The molecule has 0 bridgehead atoms. The summed E-state index contributed by atoms with van der Waals surface area (Å²) in [6.45, 7) is 13.3. The second kappa shape index (κ2) is 12.6. The van der Waals surface area contributed by atoms with Crippen LogP contribution in [0.2, 0.25) is 0 Å². The van der Waals surface area contributed by atoms with Crippen LogP contribution in [0.25, 0.3) is 0 Å². The molecule has 4 aliphatic carbocycles. The van der Waals surface area contributed by atoms with E-state index in [0.29, 0.717) is 36.2 Å². The van der Waals surface area contributed by atoms with Crippen molar-refractivity contribution in [3.8, 4) is 0 Å². The minimum Gasteiger partial charge on any atom is -0.438 e. The number of fused-ring (bicyclic) bond motifs is 5. The summed E-state index contributed by atoms with van der Waals surface area (Å²) in [4.78, 5) is 29.8. The van der Waals surface area contributed by atoms with Crippen LogP contribution >= 0.6 is 7.82 Å². The van der Waals surface area contributed by atoms with E-state index >= 15 is 0 Å². The van der Waals surface area contributed by atoms with Crippen LogP contribution in [0, 0.1) is 46.3 Å². The van der Waals surface area contributed by atoms with Crippen molar-refractivity contribution < 1.29 is 43.0 Å². The number of aliphatic hydroxyl groups excluding tert-OH is 1. The molecule has 3 N–H and O–H groups in total. The van der Waals surface area contributed by atoms with Gasteiger partial charge in [0.05, 0.1) is 24.4 Å². The number of hydrogen-bond donors (Lipinski definition) is 3. The molecule has 4 aliphatic rings. The number of carbonyl (C=O) groups is 1. The highest BCUT2D eigenvalue weighted by molar-refractivity contribution is 7.46. The number of carbonyl (C=O) groups excluding carboxylic acids is 1. The smallest absolute Gasteiger partial charge is 0.438 e. The molecule has 40 heavy (non-hydrogen) atoms. The molecule has 0 aromatic heterocycles. The number of phosphoric acid groups is 1. The van der Waals surface area contributed by atoms with Crippen molar-refractivity contribution in [3.63, 3.8) is 0 Å². The van der Waals surface area contributed by atoms with E-state index in [4.69, 9.17) is 24.0 Å². The highest BCUT2D eigenvalue weighted by Gasteiger charge is 2.66. The Kier molecular flexibility index (Phi) is 10.2. The number of ether oxygens (including phenoxy) is 3. The first-order valence-electron chi connectivity index (χ1n) is 15.5. The average Bonchev–Trinajstić information content (AvgIpc) is 3.21. The maximum absolute atomic E-state index is 12.2. The fourth-order valence-corrected chi connectivity index (χ4v) is 9.94. The molecule has 10 heteroatoms. The standard InChI is InChI=1S/C30H53O9P/c1-7-36-21-12-13-29(5)20(14-21)15-25(39-18(2)3)28-23-10-9-22(30(23,6)26(31)16-24(28)29)19(4)8-11-27(32)37-17-38-40(33,34)35/h18-26,28,31H,7-17H2,1-6H3,(H2,33,34,35). The molecule has 0 aliphatic heterocycles. The van der Waals surface area contributed by atoms with Crippen LogP contribution in [0.4, 0.5) is 0 Å². The second-order valence-corrected chi connectivity index (χ2v) is 15.1. The molecule has 0 amide bonds. The van der Waals surface area contributed by atoms with E-state index in [1.807, 2.05) is 0 Å². The molecule has 4 saturated carbocycles. The van der Waals surface area contributed by atoms with Crippen LogP contribution in [0.5, 0.6) is 0 Å². The van der Waals surface area contributed by atoms with Gasteiger partial charge in [0.15, 0.2) is 0 Å². The summed E-state index contributed by atoms with van der Waals surface area (Å²) >= 11 is 0. The minimum absolute atomic E-state index is 0.144. The molecule has 0 heterocycles. The van der Waals surface area contributed by atoms with Gasteiger partial charge in [-0.15, -0.1) is 0 Å². The van der Waals surface area contributed by atoms with Gasteiger partial charge in [-0.1, -0.05) is 20.8 Å². The van der Waals surface area contributed by atoms with Gasteiger partial charge in [-0.2, -0.15) is 0 Å². The first kappa shape index (κ1) is 32.4. The molecule has 11 atom stereocenters. The summed E-state index contributed by atoms with van der Waals surface area (Å²) in [5, 5.41) is 11.9. The van der Waals surface area contributed by atoms with Crippen molar-refractivity contribution in [1.29, 1.82) is 0 Å². The van der Waals surface area contributed by atoms with Gasteiger partial charge in [0.1, 0.15) is 0 Å². The summed E-state index contributed by atoms with van der Waals surface area (Å²) in [6, 6.07) is 0. The van der Waals surface area contributed by atoms with Crippen LogP contribution < -0.4 is 0 Å². The maximum Gasteiger partial charge on any atom is 0.472 e. The molecule has 11 unspecified atom stereocenters. The monoisotopic (exact) mass is 588 g/mol. The number of esters is 1. The molecule has 0 spiro atoms. The van der Waals surface area contributed by atoms with Gasteiger partial charge in [-0.25, -0.2) is 9.09 Å². The third kappa shape index (κ3) is 6.51. The third-order valence-electron chi connectivity index (χ3n) is 11.6. The number of hydrogen-bond acceptors (Lipinski definition) is 7. The van der Waals surface area contributed by atoms with Crippen molar-refractivity contribution >= 4 is 13.8 Å². The molecule has 0 aromatic rings. The first-order chi connectivity index (χ1) is 18.7. The Morgan fingerprint density at radius 1 is 1.05 bits per heavy atom.